The number of aliphatic hydroxyl groups excluding tert-OH is 3. The van der Waals surface area contributed by atoms with Crippen LogP contribution < -0.4 is 5.32 Å². The highest BCUT2D eigenvalue weighted by Crippen LogP contribution is 2.46. The van der Waals surface area contributed by atoms with Crippen LogP contribution in [0.3, 0.4) is 0 Å². The van der Waals surface area contributed by atoms with E-state index in [2.05, 4.69) is 5.32 Å². The van der Waals surface area contributed by atoms with Gasteiger partial charge in [0.25, 0.3) is 0 Å². The first kappa shape index (κ1) is 71.2. The molecule has 6 N–H and O–H groups in total. The summed E-state index contributed by atoms with van der Waals surface area (Å²) in [4.78, 5) is 39.5. The van der Waals surface area contributed by atoms with Crippen LogP contribution in [-0.2, 0) is 82.4 Å². The lowest BCUT2D eigenvalue weighted by Crippen LogP contribution is -2.71. The Bertz CT molecular complexity index is 2530. The van der Waals surface area contributed by atoms with Gasteiger partial charge in [0.15, 0.2) is 25.0 Å². The van der Waals surface area contributed by atoms with Crippen molar-refractivity contribution < 1.29 is 101 Å². The number of carbonyl (C=O) groups excluding carboxylic acids is 2. The number of aliphatic carboxylic acids is 1. The van der Waals surface area contributed by atoms with Gasteiger partial charge in [0.05, 0.1) is 74.1 Å². The summed E-state index contributed by atoms with van der Waals surface area (Å²) in [6.07, 6.45) is 7.66. The topological polar surface area (TPSA) is 284 Å². The van der Waals surface area contributed by atoms with Gasteiger partial charge in [-0.1, -0.05) is 124 Å². The van der Waals surface area contributed by atoms with Crippen LogP contribution in [-0.4, -0.2) is 207 Å². The normalized spacial score (nSPS) is 36.3. The summed E-state index contributed by atoms with van der Waals surface area (Å²) in [7, 11) is 6.24. The fraction of sp³-hybridized carbons (Fsp3) is 0.646. The van der Waals surface area contributed by atoms with Crippen molar-refractivity contribution >= 4 is 17.8 Å². The second-order valence-electron chi connectivity index (χ2n) is 23.5. The van der Waals surface area contributed by atoms with Crippen LogP contribution in [0.25, 0.3) is 0 Å². The maximum atomic E-state index is 14.9. The van der Waals surface area contributed by atoms with Gasteiger partial charge in [-0.3, -0.25) is 9.59 Å². The number of esters is 1. The molecule has 486 valence electrons. The van der Waals surface area contributed by atoms with Crippen molar-refractivity contribution in [1.82, 2.24) is 5.32 Å². The van der Waals surface area contributed by atoms with E-state index in [1.165, 1.54) is 20.3 Å². The minimum absolute atomic E-state index is 0.0572. The predicted octanol–water partition coefficient (Wildman–Crippen LogP) is 5.50. The van der Waals surface area contributed by atoms with E-state index < -0.39 is 152 Å². The Hall–Kier alpha value is -4.83. The number of carbonyl (C=O) groups is 3. The number of methoxy groups -OCH3 is 4. The molecule has 1 aromatic carbocycles. The van der Waals surface area contributed by atoms with Crippen LogP contribution in [0.5, 0.6) is 0 Å². The Balaban J connectivity index is 1.19. The summed E-state index contributed by atoms with van der Waals surface area (Å²) in [5.41, 5.74) is 0.265. The van der Waals surface area contributed by atoms with Crippen molar-refractivity contribution in [2.45, 2.75) is 210 Å². The fourth-order valence-corrected chi connectivity index (χ4v) is 11.8. The van der Waals surface area contributed by atoms with E-state index in [9.17, 15) is 34.8 Å². The molecule has 22 heteroatoms. The number of ether oxygens (including phenoxy) is 13. The zero-order chi connectivity index (χ0) is 63.6. The molecule has 0 aromatic heterocycles. The molecule has 0 aliphatic carbocycles. The van der Waals surface area contributed by atoms with Gasteiger partial charge in [0, 0.05) is 78.1 Å². The molecule has 1 amide bonds. The first-order valence-corrected chi connectivity index (χ1v) is 30.0. The van der Waals surface area contributed by atoms with Crippen LogP contribution in [0.2, 0.25) is 0 Å². The van der Waals surface area contributed by atoms with E-state index in [0.717, 1.165) is 11.6 Å². The number of benzene rings is 1. The third-order valence-corrected chi connectivity index (χ3v) is 16.9. The average molecular weight is 1230 g/mol. The summed E-state index contributed by atoms with van der Waals surface area (Å²) >= 11 is 0. The maximum Gasteiger partial charge on any atom is 0.328 e. The van der Waals surface area contributed by atoms with E-state index >= 15 is 0 Å². The SMILES string of the molecule is C/C=C\C=C\[C@@H]1O[C@](O)([C@H](CO[C@H]2C[C@@H](OC)[C@@H](O[C@@H]3C[C@@H](OC)[C@@H](O[C@H]4C[C@H](OC)[C@H](O)[C@H](C)O4)[C@H](C)O3)[C@@H](C)O2)C(=O)NC/C=C/C=C(\C)[C@@H](OC)[C@H](C)[C@H]2C[C@H](O)[C@H](/C=C/C=C/C=C/C(=O)O)O2)[C@H](OC(=O)Cc2ccccc2)[C@H](O)C1(C)C. The highest BCUT2D eigenvalue weighted by molar-refractivity contribution is 5.81. The first-order valence-electron chi connectivity index (χ1n) is 30.0. The predicted molar refractivity (Wildman–Crippen MR) is 318 cm³/mol. The molecule has 0 radical (unpaired) electrons. The molecule has 1 aromatic rings. The second kappa shape index (κ2) is 33.8. The maximum absolute atomic E-state index is 14.9. The van der Waals surface area contributed by atoms with Crippen molar-refractivity contribution in [1.29, 1.82) is 0 Å². The van der Waals surface area contributed by atoms with Gasteiger partial charge < -0.3 is 92.4 Å². The Morgan fingerprint density at radius 2 is 1.36 bits per heavy atom. The average Bonchev–Trinajstić information content (AvgIpc) is 1.73. The lowest BCUT2D eigenvalue weighted by atomic mass is 9.71. The molecule has 5 heterocycles. The van der Waals surface area contributed by atoms with Crippen LogP contribution >= 0.6 is 0 Å². The van der Waals surface area contributed by atoms with Crippen molar-refractivity contribution in [3.63, 3.8) is 0 Å². The molecule has 0 spiro atoms. The van der Waals surface area contributed by atoms with E-state index in [0.29, 0.717) is 18.4 Å². The van der Waals surface area contributed by atoms with E-state index in [4.69, 9.17) is 66.7 Å². The van der Waals surface area contributed by atoms with Crippen LogP contribution in [0, 0.1) is 17.3 Å². The summed E-state index contributed by atoms with van der Waals surface area (Å²) < 4.78 is 80.6. The molecule has 5 aliphatic heterocycles. The highest BCUT2D eigenvalue weighted by atomic mass is 16.7. The number of nitrogens with one attached hydrogen (secondary N) is 1. The Morgan fingerprint density at radius 1 is 0.759 bits per heavy atom. The Kier molecular flexibility index (Phi) is 27.7. The standard InChI is InChI=1S/C65H95NO21/c1-13-14-18-29-51-64(7,8)61(72)62(84-53(70)32-43-26-19-17-20-27-43)65(74,87-51)44(63(73)66-31-24-23-25-38(2)58(78-12)39(3)47-33-45(67)46(83-47)28-21-15-16-22-30-52(68)69)37-79-54-35-49(76-10)59(41(5)81-54)86-56-36-50(77-11)60(42(6)82-56)85-55-34-48(75-9)57(71)40(4)80-55/h13-30,39-42,44-51,54-62,67,71-72,74H,31-37H2,1-12H3,(H,66,73)(H,68,69)/b14-13-,16-15+,24-23+,28-21+,29-18+,30-22+,38-25+/t39-,40+,41-,42+,44-,45+,46+,47-,48+,49-,50-,51+,54-,55+,56-,57-,58-,59+,60+,61+,62-,65-/m1/s1. The van der Waals surface area contributed by atoms with Gasteiger partial charge in [-0.2, -0.15) is 0 Å². The molecule has 6 rings (SSSR count). The quantitative estimate of drug-likeness (QED) is 0.0343. The largest absolute Gasteiger partial charge is 0.478 e. The molecular weight excluding hydrogens is 1130 g/mol. The van der Waals surface area contributed by atoms with Gasteiger partial charge in [-0.05, 0) is 45.8 Å². The smallest absolute Gasteiger partial charge is 0.328 e. The first-order chi connectivity index (χ1) is 41.5. The van der Waals surface area contributed by atoms with Crippen LogP contribution in [0.15, 0.2) is 115 Å². The van der Waals surface area contributed by atoms with Crippen molar-refractivity contribution in [2.75, 3.05) is 41.6 Å². The van der Waals surface area contributed by atoms with Crippen LogP contribution in [0.4, 0.5) is 0 Å². The van der Waals surface area contributed by atoms with Gasteiger partial charge in [-0.25, -0.2) is 4.79 Å². The lowest BCUT2D eigenvalue weighted by Gasteiger charge is -2.54. The zero-order valence-electron chi connectivity index (χ0n) is 52.2. The molecule has 5 fully saturated rings. The number of aliphatic hydroxyl groups is 4. The number of allylic oxidation sites excluding steroid dienone is 9. The number of hydrogen-bond acceptors (Lipinski definition) is 20. The molecule has 0 saturated carbocycles. The van der Waals surface area contributed by atoms with E-state index in [1.807, 2.05) is 33.8 Å². The van der Waals surface area contributed by atoms with E-state index in [1.54, 1.807) is 133 Å². The summed E-state index contributed by atoms with van der Waals surface area (Å²) in [5.74, 6) is -7.19. The molecule has 22 nitrogen and oxygen atoms in total. The van der Waals surface area contributed by atoms with Gasteiger partial charge in [0.1, 0.15) is 36.4 Å². The Morgan fingerprint density at radius 3 is 1.98 bits per heavy atom. The summed E-state index contributed by atoms with van der Waals surface area (Å²) in [5, 5.41) is 58.5. The summed E-state index contributed by atoms with van der Waals surface area (Å²) in [6, 6.07) is 8.84. The van der Waals surface area contributed by atoms with Gasteiger partial charge in [-0.15, -0.1) is 0 Å². The third kappa shape index (κ3) is 19.1. The monoisotopic (exact) mass is 1230 g/mol. The van der Waals surface area contributed by atoms with Crippen molar-refractivity contribution in [3.8, 4) is 0 Å². The minimum Gasteiger partial charge on any atom is -0.478 e. The number of amides is 1. The molecule has 87 heavy (non-hydrogen) atoms. The summed E-state index contributed by atoms with van der Waals surface area (Å²) in [6.45, 7) is 13.9. The zero-order valence-corrected chi connectivity index (χ0v) is 52.2. The van der Waals surface area contributed by atoms with Crippen LogP contribution in [0.1, 0.15) is 86.6 Å². The molecule has 5 saturated heterocycles. The molecular formula is C65H95NO21. The third-order valence-electron chi connectivity index (χ3n) is 16.9. The highest BCUT2D eigenvalue weighted by Gasteiger charge is 2.63. The van der Waals surface area contributed by atoms with Crippen molar-refractivity contribution in [3.05, 3.63) is 120 Å². The van der Waals surface area contributed by atoms with Crippen molar-refractivity contribution in [2.24, 2.45) is 17.3 Å². The van der Waals surface area contributed by atoms with Gasteiger partial charge in [0.2, 0.25) is 11.7 Å². The molecule has 0 bridgehead atoms. The Labute approximate surface area is 512 Å². The number of hydrogen-bond donors (Lipinski definition) is 6. The molecule has 5 aliphatic rings. The minimum atomic E-state index is -2.71. The fourth-order valence-electron chi connectivity index (χ4n) is 11.8. The number of carboxylic acids is 1. The second-order valence-corrected chi connectivity index (χ2v) is 23.5. The number of rotatable bonds is 28. The number of carboxylic acid groups (broad SMARTS) is 1. The molecule has 0 unspecified atom stereocenters. The van der Waals surface area contributed by atoms with Gasteiger partial charge >= 0.3 is 11.9 Å². The van der Waals surface area contributed by atoms with E-state index in [-0.39, 0.29) is 37.8 Å². The lowest BCUT2D eigenvalue weighted by molar-refractivity contribution is -0.368. The molecule has 22 atom stereocenters.